The second kappa shape index (κ2) is 7.92. The molecule has 2 aromatic carbocycles. The normalized spacial score (nSPS) is 12.8. The number of amides is 1. The Morgan fingerprint density at radius 3 is 1.83 bits per heavy atom. The Hall–Kier alpha value is -1.70. The number of nitrogens with one attached hydrogen (secondary N) is 2. The molecule has 0 aliphatic heterocycles. The number of carbonyl (C=O) groups excluding carboxylic acids is 1. The fraction of sp³-hybridized carbons (Fsp3) is 0.235. The number of rotatable bonds is 4. The predicted octanol–water partition coefficient (Wildman–Crippen LogP) is -1.59. The number of halogens is 1. The smallest absolute Gasteiger partial charge is 0.348 e. The van der Waals surface area contributed by atoms with Crippen LogP contribution in [0.1, 0.15) is 31.1 Å². The SMILES string of the molecule is CC(C)(C)[NH+](NC(=O)c1ccccc1)S(=O)(=O)c1ccccc1.[Br-]. The van der Waals surface area contributed by atoms with Crippen molar-refractivity contribution in [1.82, 2.24) is 5.43 Å². The Kier molecular flexibility index (Phi) is 6.71. The quantitative estimate of drug-likeness (QED) is 0.594. The van der Waals surface area contributed by atoms with Crippen molar-refractivity contribution >= 4 is 15.9 Å². The average molecular weight is 413 g/mol. The third-order valence-corrected chi connectivity index (χ3v) is 5.41. The summed E-state index contributed by atoms with van der Waals surface area (Å²) in [5.74, 6) is -0.435. The molecule has 0 saturated carbocycles. The molecule has 0 aliphatic carbocycles. The molecule has 1 amide bonds. The van der Waals surface area contributed by atoms with Gasteiger partial charge in [-0.1, -0.05) is 36.4 Å². The number of sulfonamides is 1. The number of hydrogen-bond donors (Lipinski definition) is 2. The number of benzene rings is 2. The molecule has 24 heavy (non-hydrogen) atoms. The molecule has 1 unspecified atom stereocenters. The molecule has 1 atom stereocenters. The Morgan fingerprint density at radius 1 is 0.917 bits per heavy atom. The van der Waals surface area contributed by atoms with Crippen LogP contribution in [-0.4, -0.2) is 19.9 Å². The van der Waals surface area contributed by atoms with Gasteiger partial charge >= 0.3 is 10.0 Å². The van der Waals surface area contributed by atoms with Crippen LogP contribution in [0.3, 0.4) is 0 Å². The zero-order valence-electron chi connectivity index (χ0n) is 13.8. The maximum Gasteiger partial charge on any atom is 0.348 e. The molecule has 0 aliphatic rings. The lowest BCUT2D eigenvalue weighted by atomic mass is 10.1. The van der Waals surface area contributed by atoms with Crippen molar-refractivity contribution in [3.8, 4) is 0 Å². The van der Waals surface area contributed by atoms with Crippen LogP contribution < -0.4 is 26.8 Å². The Bertz CT molecular complexity index is 772. The van der Waals surface area contributed by atoms with E-state index >= 15 is 0 Å². The van der Waals surface area contributed by atoms with Crippen molar-refractivity contribution in [2.45, 2.75) is 31.2 Å². The van der Waals surface area contributed by atoms with E-state index in [1.807, 2.05) is 0 Å². The Balaban J connectivity index is 0.00000288. The van der Waals surface area contributed by atoms with Gasteiger partial charge in [0.25, 0.3) is 5.91 Å². The highest BCUT2D eigenvalue weighted by atomic mass is 79.9. The van der Waals surface area contributed by atoms with Gasteiger partial charge in [-0.25, -0.2) is 0 Å². The minimum Gasteiger partial charge on any atom is -1.00 e. The Labute approximate surface area is 153 Å². The minimum atomic E-state index is -3.78. The van der Waals surface area contributed by atoms with Gasteiger partial charge < -0.3 is 17.0 Å². The zero-order chi connectivity index (χ0) is 17.1. The van der Waals surface area contributed by atoms with Crippen LogP contribution in [0.2, 0.25) is 0 Å². The molecule has 5 nitrogen and oxygen atoms in total. The fourth-order valence-corrected chi connectivity index (χ4v) is 3.92. The van der Waals surface area contributed by atoms with E-state index in [1.165, 1.54) is 12.1 Å². The van der Waals surface area contributed by atoms with E-state index in [0.717, 1.165) is 0 Å². The molecular weight excluding hydrogens is 392 g/mol. The molecule has 0 aromatic heterocycles. The van der Waals surface area contributed by atoms with Gasteiger partial charge in [0, 0.05) is 5.56 Å². The van der Waals surface area contributed by atoms with Crippen molar-refractivity contribution in [2.75, 3.05) is 0 Å². The molecule has 0 saturated heterocycles. The van der Waals surface area contributed by atoms with Gasteiger partial charge in [0.15, 0.2) is 0 Å². The number of carbonyl (C=O) groups is 1. The van der Waals surface area contributed by atoms with E-state index in [9.17, 15) is 13.2 Å². The van der Waals surface area contributed by atoms with Crippen molar-refractivity contribution in [3.63, 3.8) is 0 Å². The van der Waals surface area contributed by atoms with E-state index < -0.39 is 21.5 Å². The number of hydrogen-bond acceptors (Lipinski definition) is 3. The van der Waals surface area contributed by atoms with Crippen molar-refractivity contribution in [1.29, 1.82) is 0 Å². The largest absolute Gasteiger partial charge is 1.00 e. The molecule has 2 N–H and O–H groups in total. The van der Waals surface area contributed by atoms with Crippen LogP contribution >= 0.6 is 0 Å². The first kappa shape index (κ1) is 20.3. The van der Waals surface area contributed by atoms with Crippen LogP contribution in [0.5, 0.6) is 0 Å². The first-order chi connectivity index (χ1) is 10.7. The molecule has 0 heterocycles. The molecular formula is C17H21BrN2O3S. The molecule has 2 rings (SSSR count). The topological polar surface area (TPSA) is 67.7 Å². The van der Waals surface area contributed by atoms with E-state index in [-0.39, 0.29) is 26.3 Å². The first-order valence-corrected chi connectivity index (χ1v) is 8.75. The highest BCUT2D eigenvalue weighted by Crippen LogP contribution is 2.07. The van der Waals surface area contributed by atoms with Crippen LogP contribution in [0.4, 0.5) is 0 Å². The molecule has 0 bridgehead atoms. The summed E-state index contributed by atoms with van der Waals surface area (Å²) < 4.78 is 25.8. The predicted molar refractivity (Wildman–Crippen MR) is 88.3 cm³/mol. The maximum atomic E-state index is 12.9. The molecule has 0 radical (unpaired) electrons. The van der Waals surface area contributed by atoms with Gasteiger partial charge in [-0.2, -0.15) is 13.8 Å². The van der Waals surface area contributed by atoms with Crippen molar-refractivity contribution < 1.29 is 34.6 Å². The highest BCUT2D eigenvalue weighted by molar-refractivity contribution is 7.85. The summed E-state index contributed by atoms with van der Waals surface area (Å²) in [6.45, 7) is 5.27. The maximum absolute atomic E-state index is 12.9. The van der Waals surface area contributed by atoms with E-state index in [1.54, 1.807) is 69.3 Å². The zero-order valence-corrected chi connectivity index (χ0v) is 16.2. The summed E-state index contributed by atoms with van der Waals surface area (Å²) >= 11 is 0. The lowest BCUT2D eigenvalue weighted by Gasteiger charge is -2.30. The lowest BCUT2D eigenvalue weighted by molar-refractivity contribution is -0.859. The second-order valence-electron chi connectivity index (χ2n) is 6.22. The van der Waals surface area contributed by atoms with E-state index in [2.05, 4.69) is 5.43 Å². The summed E-state index contributed by atoms with van der Waals surface area (Å²) in [5, 5.41) is 0. The Morgan fingerprint density at radius 2 is 1.38 bits per heavy atom. The molecule has 2 aromatic rings. The monoisotopic (exact) mass is 412 g/mol. The van der Waals surface area contributed by atoms with Crippen molar-refractivity contribution in [2.24, 2.45) is 0 Å². The highest BCUT2D eigenvalue weighted by Gasteiger charge is 2.40. The van der Waals surface area contributed by atoms with Gasteiger partial charge in [0.2, 0.25) is 0 Å². The molecule has 0 spiro atoms. The van der Waals surface area contributed by atoms with Crippen LogP contribution in [0.25, 0.3) is 0 Å². The molecule has 130 valence electrons. The second-order valence-corrected chi connectivity index (χ2v) is 8.10. The minimum absolute atomic E-state index is 0. The third-order valence-electron chi connectivity index (χ3n) is 3.27. The van der Waals surface area contributed by atoms with Gasteiger partial charge in [-0.15, -0.1) is 4.41 Å². The van der Waals surface area contributed by atoms with E-state index in [4.69, 9.17) is 0 Å². The van der Waals surface area contributed by atoms with Gasteiger partial charge in [0.05, 0.1) is 0 Å². The first-order valence-electron chi connectivity index (χ1n) is 7.27. The van der Waals surface area contributed by atoms with Crippen molar-refractivity contribution in [3.05, 3.63) is 66.2 Å². The van der Waals surface area contributed by atoms with Crippen LogP contribution in [0.15, 0.2) is 65.6 Å². The standard InChI is InChI=1S/C17H20N2O3S.BrH/c1-17(2,3)19(18-16(20)14-10-6-4-7-11-14)23(21,22)15-12-8-5-9-13-15;/h4-13H,1-3H3,(H,18,20);1H. The van der Waals surface area contributed by atoms with Crippen LogP contribution in [0, 0.1) is 0 Å². The third kappa shape index (κ3) is 4.66. The average Bonchev–Trinajstić information content (AvgIpc) is 2.53. The fourth-order valence-electron chi connectivity index (χ4n) is 2.14. The van der Waals surface area contributed by atoms with Gasteiger partial charge in [-0.05, 0) is 45.0 Å². The lowest BCUT2D eigenvalue weighted by Crippen LogP contribution is -3.26. The summed E-state index contributed by atoms with van der Waals surface area (Å²) in [4.78, 5) is 12.5. The van der Waals surface area contributed by atoms with Crippen LogP contribution in [-0.2, 0) is 10.0 Å². The van der Waals surface area contributed by atoms with E-state index in [0.29, 0.717) is 5.56 Å². The number of quaternary nitrogens is 1. The summed E-state index contributed by atoms with van der Waals surface area (Å²) in [6, 6.07) is 16.7. The van der Waals surface area contributed by atoms with Gasteiger partial charge in [-0.3, -0.25) is 4.79 Å². The summed E-state index contributed by atoms with van der Waals surface area (Å²) in [7, 11) is -3.78. The van der Waals surface area contributed by atoms with Gasteiger partial charge in [0.1, 0.15) is 10.4 Å². The summed E-state index contributed by atoms with van der Waals surface area (Å²) in [6.07, 6.45) is 0. The molecule has 7 heteroatoms. The molecule has 0 fully saturated rings. The summed E-state index contributed by atoms with van der Waals surface area (Å²) in [5.41, 5.74) is 2.28.